The van der Waals surface area contributed by atoms with Gasteiger partial charge in [-0.05, 0) is 12.5 Å². The van der Waals surface area contributed by atoms with E-state index in [2.05, 4.69) is 11.9 Å². The Balaban J connectivity index is 2.79. The van der Waals surface area contributed by atoms with Crippen molar-refractivity contribution < 1.29 is 9.90 Å². The summed E-state index contributed by atoms with van der Waals surface area (Å²) in [7, 11) is 0. The van der Waals surface area contributed by atoms with Gasteiger partial charge in [0.25, 0.3) is 0 Å². The largest absolute Gasteiger partial charge is 0.480 e. The van der Waals surface area contributed by atoms with Crippen molar-refractivity contribution in [3.05, 3.63) is 48.6 Å². The summed E-state index contributed by atoms with van der Waals surface area (Å²) in [6.07, 6.45) is 2.11. The highest BCUT2D eigenvalue weighted by molar-refractivity contribution is 5.78. The molecular formula is C13H17NO2. The molecule has 0 aliphatic heterocycles. The predicted octanol–water partition coefficient (Wildman–Crippen LogP) is 1.85. The van der Waals surface area contributed by atoms with Crippen LogP contribution in [-0.4, -0.2) is 23.2 Å². The highest BCUT2D eigenvalue weighted by Crippen LogP contribution is 2.13. The molecule has 2 N–H and O–H groups in total. The number of carbonyl (C=O) groups is 1. The highest BCUT2D eigenvalue weighted by Gasteiger charge is 2.32. The number of hydrogen-bond donors (Lipinski definition) is 2. The molecule has 0 heterocycles. The van der Waals surface area contributed by atoms with Crippen molar-refractivity contribution in [3.63, 3.8) is 0 Å². The first kappa shape index (κ1) is 12.5. The van der Waals surface area contributed by atoms with E-state index in [0.29, 0.717) is 13.0 Å². The zero-order chi connectivity index (χ0) is 12.0. The minimum absolute atomic E-state index is 0.455. The SMILES string of the molecule is C=CCNC(C)(Cc1ccccc1)C(=O)O. The Morgan fingerprint density at radius 2 is 2.12 bits per heavy atom. The summed E-state index contributed by atoms with van der Waals surface area (Å²) in [4.78, 5) is 11.2. The molecule has 0 saturated heterocycles. The third-order valence-electron chi connectivity index (χ3n) is 2.51. The Morgan fingerprint density at radius 1 is 1.50 bits per heavy atom. The van der Waals surface area contributed by atoms with Crippen LogP contribution in [0.1, 0.15) is 12.5 Å². The summed E-state index contributed by atoms with van der Waals surface area (Å²) >= 11 is 0. The minimum Gasteiger partial charge on any atom is -0.480 e. The molecule has 0 spiro atoms. The quantitative estimate of drug-likeness (QED) is 0.718. The van der Waals surface area contributed by atoms with Crippen LogP contribution in [0, 0.1) is 0 Å². The Hall–Kier alpha value is -1.61. The third-order valence-corrected chi connectivity index (χ3v) is 2.51. The molecule has 0 bridgehead atoms. The molecule has 0 radical (unpaired) electrons. The molecule has 16 heavy (non-hydrogen) atoms. The summed E-state index contributed by atoms with van der Waals surface area (Å²) in [6.45, 7) is 5.74. The molecule has 0 aliphatic rings. The molecule has 1 aromatic rings. The van der Waals surface area contributed by atoms with Crippen LogP contribution in [0.15, 0.2) is 43.0 Å². The van der Waals surface area contributed by atoms with E-state index < -0.39 is 11.5 Å². The predicted molar refractivity (Wildman–Crippen MR) is 64.4 cm³/mol. The first-order valence-electron chi connectivity index (χ1n) is 5.22. The number of hydrogen-bond acceptors (Lipinski definition) is 2. The number of carboxylic acids is 1. The fourth-order valence-electron chi connectivity index (χ4n) is 1.52. The van der Waals surface area contributed by atoms with Crippen molar-refractivity contribution in [3.8, 4) is 0 Å². The van der Waals surface area contributed by atoms with Gasteiger partial charge in [-0.3, -0.25) is 10.1 Å². The fourth-order valence-corrected chi connectivity index (χ4v) is 1.52. The van der Waals surface area contributed by atoms with Gasteiger partial charge in [0.05, 0.1) is 0 Å². The maximum absolute atomic E-state index is 11.2. The van der Waals surface area contributed by atoms with E-state index in [-0.39, 0.29) is 0 Å². The average Bonchev–Trinajstić information content (AvgIpc) is 2.27. The summed E-state index contributed by atoms with van der Waals surface area (Å²) in [5.74, 6) is -0.849. The van der Waals surface area contributed by atoms with E-state index in [1.165, 1.54) is 0 Å². The lowest BCUT2D eigenvalue weighted by Gasteiger charge is -2.25. The molecule has 0 fully saturated rings. The van der Waals surface area contributed by atoms with E-state index in [0.717, 1.165) is 5.56 Å². The summed E-state index contributed by atoms with van der Waals surface area (Å²) in [6, 6.07) is 9.59. The van der Waals surface area contributed by atoms with Gasteiger partial charge < -0.3 is 5.11 Å². The Kier molecular flexibility index (Phi) is 4.26. The van der Waals surface area contributed by atoms with Crippen molar-refractivity contribution in [1.29, 1.82) is 0 Å². The van der Waals surface area contributed by atoms with Gasteiger partial charge in [-0.1, -0.05) is 36.4 Å². The zero-order valence-electron chi connectivity index (χ0n) is 9.44. The lowest BCUT2D eigenvalue weighted by molar-refractivity contribution is -0.144. The molecule has 86 valence electrons. The molecule has 1 aromatic carbocycles. The fraction of sp³-hybridized carbons (Fsp3) is 0.308. The van der Waals surface area contributed by atoms with E-state index in [1.54, 1.807) is 13.0 Å². The monoisotopic (exact) mass is 219 g/mol. The Labute approximate surface area is 95.8 Å². The van der Waals surface area contributed by atoms with Crippen molar-refractivity contribution in [1.82, 2.24) is 5.32 Å². The molecule has 1 unspecified atom stereocenters. The minimum atomic E-state index is -0.949. The standard InChI is InChI=1S/C13H17NO2/c1-3-9-14-13(2,12(15)16)10-11-7-5-4-6-8-11/h3-8,14H,1,9-10H2,2H3,(H,15,16). The second kappa shape index (κ2) is 5.47. The number of rotatable bonds is 6. The van der Waals surface area contributed by atoms with E-state index in [1.807, 2.05) is 30.3 Å². The van der Waals surface area contributed by atoms with Gasteiger partial charge >= 0.3 is 5.97 Å². The number of nitrogens with one attached hydrogen (secondary N) is 1. The second-order valence-electron chi connectivity index (χ2n) is 3.97. The van der Waals surface area contributed by atoms with Gasteiger partial charge in [0, 0.05) is 13.0 Å². The second-order valence-corrected chi connectivity index (χ2v) is 3.97. The molecule has 3 nitrogen and oxygen atoms in total. The van der Waals surface area contributed by atoms with Crippen LogP contribution < -0.4 is 5.32 Å². The lowest BCUT2D eigenvalue weighted by Crippen LogP contribution is -2.51. The van der Waals surface area contributed by atoms with Crippen LogP contribution in [0.5, 0.6) is 0 Å². The number of carboxylic acid groups (broad SMARTS) is 1. The van der Waals surface area contributed by atoms with Gasteiger partial charge in [0.1, 0.15) is 5.54 Å². The molecule has 1 rings (SSSR count). The summed E-state index contributed by atoms with van der Waals surface area (Å²) < 4.78 is 0. The van der Waals surface area contributed by atoms with Crippen molar-refractivity contribution in [2.75, 3.05) is 6.54 Å². The van der Waals surface area contributed by atoms with Gasteiger partial charge in [-0.15, -0.1) is 6.58 Å². The van der Waals surface area contributed by atoms with Crippen LogP contribution in [0.4, 0.5) is 0 Å². The Bertz CT molecular complexity index is 361. The average molecular weight is 219 g/mol. The zero-order valence-corrected chi connectivity index (χ0v) is 9.44. The molecular weight excluding hydrogens is 202 g/mol. The lowest BCUT2D eigenvalue weighted by atomic mass is 9.93. The smallest absolute Gasteiger partial charge is 0.323 e. The Morgan fingerprint density at radius 3 is 2.62 bits per heavy atom. The van der Waals surface area contributed by atoms with E-state index >= 15 is 0 Å². The van der Waals surface area contributed by atoms with Crippen LogP contribution >= 0.6 is 0 Å². The van der Waals surface area contributed by atoms with Gasteiger partial charge in [-0.2, -0.15) is 0 Å². The third kappa shape index (κ3) is 3.21. The summed E-state index contributed by atoms with van der Waals surface area (Å²) in [5, 5.41) is 12.2. The molecule has 0 aliphatic carbocycles. The van der Waals surface area contributed by atoms with E-state index in [4.69, 9.17) is 0 Å². The topological polar surface area (TPSA) is 49.3 Å². The number of benzene rings is 1. The molecule has 0 amide bonds. The highest BCUT2D eigenvalue weighted by atomic mass is 16.4. The molecule has 0 aromatic heterocycles. The molecule has 0 saturated carbocycles. The van der Waals surface area contributed by atoms with Crippen molar-refractivity contribution >= 4 is 5.97 Å². The van der Waals surface area contributed by atoms with Gasteiger partial charge in [0.2, 0.25) is 0 Å². The first-order valence-corrected chi connectivity index (χ1v) is 5.22. The van der Waals surface area contributed by atoms with Crippen LogP contribution in [-0.2, 0) is 11.2 Å². The van der Waals surface area contributed by atoms with Crippen molar-refractivity contribution in [2.24, 2.45) is 0 Å². The maximum Gasteiger partial charge on any atom is 0.323 e. The van der Waals surface area contributed by atoms with Gasteiger partial charge in [0.15, 0.2) is 0 Å². The molecule has 1 atom stereocenters. The number of aliphatic carboxylic acids is 1. The summed E-state index contributed by atoms with van der Waals surface area (Å²) in [5.41, 5.74) is 0.0548. The van der Waals surface area contributed by atoms with Crippen LogP contribution in [0.25, 0.3) is 0 Å². The van der Waals surface area contributed by atoms with E-state index in [9.17, 15) is 9.90 Å². The van der Waals surface area contributed by atoms with Gasteiger partial charge in [-0.25, -0.2) is 0 Å². The van der Waals surface area contributed by atoms with Crippen molar-refractivity contribution in [2.45, 2.75) is 18.9 Å². The maximum atomic E-state index is 11.2. The molecule has 3 heteroatoms. The van der Waals surface area contributed by atoms with Crippen LogP contribution in [0.3, 0.4) is 0 Å². The normalized spacial score (nSPS) is 14.1. The first-order chi connectivity index (χ1) is 7.58. The van der Waals surface area contributed by atoms with Crippen LogP contribution in [0.2, 0.25) is 0 Å².